The van der Waals surface area contributed by atoms with Gasteiger partial charge in [-0.2, -0.15) is 0 Å². The van der Waals surface area contributed by atoms with Crippen LogP contribution < -0.4 is 10.6 Å². The van der Waals surface area contributed by atoms with Gasteiger partial charge in [-0.25, -0.2) is 0 Å². The van der Waals surface area contributed by atoms with E-state index >= 15 is 0 Å². The number of guanidine groups is 1. The van der Waals surface area contributed by atoms with Crippen molar-refractivity contribution in [3.8, 4) is 0 Å². The second-order valence-electron chi connectivity index (χ2n) is 8.45. The highest BCUT2D eigenvalue weighted by atomic mass is 127. The minimum absolute atomic E-state index is 0. The highest BCUT2D eigenvalue weighted by Gasteiger charge is 2.31. The number of nitrogens with one attached hydrogen (secondary N) is 2. The molecule has 1 aromatic heterocycles. The van der Waals surface area contributed by atoms with E-state index in [1.165, 1.54) is 58.4 Å². The van der Waals surface area contributed by atoms with Gasteiger partial charge in [0.1, 0.15) is 5.76 Å². The number of piperazine rings is 3. The molecule has 6 nitrogen and oxygen atoms in total. The van der Waals surface area contributed by atoms with Crippen LogP contribution in [0.5, 0.6) is 0 Å². The summed E-state index contributed by atoms with van der Waals surface area (Å²) in [7, 11) is 0. The Morgan fingerprint density at radius 1 is 1.21 bits per heavy atom. The minimum Gasteiger partial charge on any atom is -0.469 e. The van der Waals surface area contributed by atoms with Gasteiger partial charge in [0.05, 0.1) is 12.8 Å². The predicted octanol–water partition coefficient (Wildman–Crippen LogP) is 2.55. The van der Waals surface area contributed by atoms with Crippen LogP contribution in [0, 0.1) is 5.92 Å². The molecule has 4 fully saturated rings. The highest BCUT2D eigenvalue weighted by molar-refractivity contribution is 14.0. The molecule has 1 saturated carbocycles. The summed E-state index contributed by atoms with van der Waals surface area (Å²) in [5.74, 6) is 2.73. The summed E-state index contributed by atoms with van der Waals surface area (Å²) in [6.07, 6.45) is 7.90. The summed E-state index contributed by atoms with van der Waals surface area (Å²) in [6.45, 7) is 10.1. The van der Waals surface area contributed by atoms with E-state index in [-0.39, 0.29) is 24.0 Å². The quantitative estimate of drug-likeness (QED) is 0.357. The van der Waals surface area contributed by atoms with Crippen molar-refractivity contribution in [1.29, 1.82) is 0 Å². The summed E-state index contributed by atoms with van der Waals surface area (Å²) in [5.41, 5.74) is 0. The van der Waals surface area contributed by atoms with Crippen LogP contribution in [-0.4, -0.2) is 73.7 Å². The number of nitrogens with zero attached hydrogens (tertiary/aromatic N) is 3. The molecule has 4 heterocycles. The lowest BCUT2D eigenvalue weighted by molar-refractivity contribution is 0.0174. The molecule has 3 aliphatic heterocycles. The Hall–Kier alpha value is -0.800. The van der Waals surface area contributed by atoms with Crippen LogP contribution in [-0.2, 0) is 6.42 Å². The first-order chi connectivity index (χ1) is 13.3. The van der Waals surface area contributed by atoms with Gasteiger partial charge < -0.3 is 15.1 Å². The van der Waals surface area contributed by atoms with Crippen LogP contribution in [0.1, 0.15) is 38.4 Å². The maximum absolute atomic E-state index is 5.46. The van der Waals surface area contributed by atoms with Gasteiger partial charge in [0.15, 0.2) is 5.96 Å². The van der Waals surface area contributed by atoms with Crippen molar-refractivity contribution in [3.05, 3.63) is 24.2 Å². The van der Waals surface area contributed by atoms with E-state index in [1.54, 1.807) is 6.26 Å². The van der Waals surface area contributed by atoms with Crippen LogP contribution in [0.4, 0.5) is 0 Å². The largest absolute Gasteiger partial charge is 0.469 e. The number of hydrogen-bond donors (Lipinski definition) is 2. The van der Waals surface area contributed by atoms with Crippen molar-refractivity contribution >= 4 is 29.9 Å². The summed E-state index contributed by atoms with van der Waals surface area (Å²) in [4.78, 5) is 10.2. The van der Waals surface area contributed by atoms with Crippen molar-refractivity contribution in [1.82, 2.24) is 20.4 Å². The lowest BCUT2D eigenvalue weighted by Crippen LogP contribution is -2.62. The van der Waals surface area contributed by atoms with Crippen LogP contribution in [0.3, 0.4) is 0 Å². The van der Waals surface area contributed by atoms with E-state index in [0.717, 1.165) is 37.1 Å². The molecular formula is C21H36IN5O. The summed E-state index contributed by atoms with van der Waals surface area (Å²) in [6, 6.07) is 5.10. The van der Waals surface area contributed by atoms with E-state index in [1.807, 2.05) is 12.1 Å². The molecule has 28 heavy (non-hydrogen) atoms. The molecule has 7 heteroatoms. The zero-order chi connectivity index (χ0) is 18.5. The topological polar surface area (TPSA) is 56.0 Å². The van der Waals surface area contributed by atoms with Gasteiger partial charge in [-0.3, -0.25) is 14.8 Å². The first-order valence-electron chi connectivity index (χ1n) is 10.8. The van der Waals surface area contributed by atoms with Crippen molar-refractivity contribution in [2.45, 2.75) is 51.1 Å². The Morgan fingerprint density at radius 3 is 2.71 bits per heavy atom. The van der Waals surface area contributed by atoms with Crippen molar-refractivity contribution in [2.75, 3.05) is 45.8 Å². The average Bonchev–Trinajstić information content (AvgIpc) is 3.22. The number of rotatable bonds is 6. The molecule has 3 unspecified atom stereocenters. The van der Waals surface area contributed by atoms with Crippen molar-refractivity contribution < 1.29 is 4.42 Å². The van der Waals surface area contributed by atoms with Gasteiger partial charge in [-0.15, -0.1) is 24.0 Å². The Bertz CT molecular complexity index is 600. The second-order valence-corrected chi connectivity index (χ2v) is 8.45. The number of hydrogen-bond acceptors (Lipinski definition) is 4. The molecule has 2 bridgehead atoms. The van der Waals surface area contributed by atoms with Gasteiger partial charge in [0, 0.05) is 57.8 Å². The van der Waals surface area contributed by atoms with E-state index in [4.69, 9.17) is 9.41 Å². The van der Waals surface area contributed by atoms with E-state index in [9.17, 15) is 0 Å². The Labute approximate surface area is 186 Å². The predicted molar refractivity (Wildman–Crippen MR) is 124 cm³/mol. The van der Waals surface area contributed by atoms with Gasteiger partial charge in [-0.1, -0.05) is 19.8 Å². The van der Waals surface area contributed by atoms with Gasteiger partial charge >= 0.3 is 0 Å². The summed E-state index contributed by atoms with van der Waals surface area (Å²) in [5, 5.41) is 7.30. The van der Waals surface area contributed by atoms with Gasteiger partial charge in [-0.05, 0) is 30.9 Å². The number of furan rings is 1. The monoisotopic (exact) mass is 501 g/mol. The molecule has 3 atom stereocenters. The SMILES string of the molecule is CC1CCCCC1NC(=NCC1CN2CCN1CC2)NCCc1ccco1.I. The molecule has 4 aliphatic rings. The Morgan fingerprint density at radius 2 is 2.04 bits per heavy atom. The number of fused-ring (bicyclic) bond motifs is 3. The lowest BCUT2D eigenvalue weighted by Gasteiger charge is -2.47. The Balaban J connectivity index is 0.00000225. The first-order valence-corrected chi connectivity index (χ1v) is 10.8. The molecule has 0 aromatic carbocycles. The molecule has 0 radical (unpaired) electrons. The molecule has 0 amide bonds. The van der Waals surface area contributed by atoms with Crippen LogP contribution in [0.25, 0.3) is 0 Å². The number of halogens is 1. The van der Waals surface area contributed by atoms with Crippen LogP contribution in [0.15, 0.2) is 27.8 Å². The fourth-order valence-electron chi connectivity index (χ4n) is 4.71. The number of aliphatic imine (C=N–C) groups is 1. The fourth-order valence-corrected chi connectivity index (χ4v) is 4.71. The fraction of sp³-hybridized carbons (Fsp3) is 0.762. The third-order valence-corrected chi connectivity index (χ3v) is 6.53. The summed E-state index contributed by atoms with van der Waals surface area (Å²) >= 11 is 0. The standard InChI is InChI=1S/C21H35N5O.HI/c1-17-5-2-3-7-20(17)24-21(22-9-8-19-6-4-14-27-19)23-15-18-16-25-10-12-26(18)13-11-25;/h4,6,14,17-18,20H,2-3,5,7-13,15-16H2,1H3,(H2,22,23,24);1H. The first kappa shape index (κ1) is 21.9. The van der Waals surface area contributed by atoms with Crippen molar-refractivity contribution in [3.63, 3.8) is 0 Å². The molecule has 0 spiro atoms. The highest BCUT2D eigenvalue weighted by Crippen LogP contribution is 2.23. The molecule has 3 saturated heterocycles. The molecule has 1 aliphatic carbocycles. The third-order valence-electron chi connectivity index (χ3n) is 6.53. The molecular weight excluding hydrogens is 465 g/mol. The van der Waals surface area contributed by atoms with Crippen LogP contribution in [0.2, 0.25) is 0 Å². The van der Waals surface area contributed by atoms with E-state index in [0.29, 0.717) is 12.1 Å². The third kappa shape index (κ3) is 5.86. The smallest absolute Gasteiger partial charge is 0.191 e. The molecule has 2 N–H and O–H groups in total. The molecule has 5 rings (SSSR count). The van der Waals surface area contributed by atoms with E-state index in [2.05, 4.69) is 27.4 Å². The Kier molecular flexibility index (Phi) is 8.47. The summed E-state index contributed by atoms with van der Waals surface area (Å²) < 4.78 is 5.46. The maximum Gasteiger partial charge on any atom is 0.191 e. The van der Waals surface area contributed by atoms with Gasteiger partial charge in [0.2, 0.25) is 0 Å². The van der Waals surface area contributed by atoms with Crippen LogP contribution >= 0.6 is 24.0 Å². The average molecular weight is 501 g/mol. The zero-order valence-corrected chi connectivity index (χ0v) is 19.4. The van der Waals surface area contributed by atoms with Gasteiger partial charge in [0.25, 0.3) is 0 Å². The molecule has 158 valence electrons. The normalized spacial score (nSPS) is 32.6. The van der Waals surface area contributed by atoms with Crippen molar-refractivity contribution in [2.24, 2.45) is 10.9 Å². The minimum atomic E-state index is 0. The van der Waals surface area contributed by atoms with E-state index < -0.39 is 0 Å². The molecule has 1 aromatic rings. The second kappa shape index (κ2) is 10.8. The maximum atomic E-state index is 5.46. The zero-order valence-electron chi connectivity index (χ0n) is 17.1. The lowest BCUT2D eigenvalue weighted by atomic mass is 9.86.